The van der Waals surface area contributed by atoms with E-state index in [-0.39, 0.29) is 31.5 Å². The van der Waals surface area contributed by atoms with Crippen LogP contribution in [0.25, 0.3) is 0 Å². The maximum absolute atomic E-state index is 12.9. The molecule has 0 radical (unpaired) electrons. The molecule has 2 fully saturated rings. The highest BCUT2D eigenvalue weighted by molar-refractivity contribution is 7.89. The monoisotopic (exact) mass is 497 g/mol. The first-order chi connectivity index (χ1) is 15.4. The molecule has 0 saturated carbocycles. The van der Waals surface area contributed by atoms with Crippen molar-refractivity contribution in [1.82, 2.24) is 14.5 Å². The van der Waals surface area contributed by atoms with Crippen LogP contribution in [0.2, 0.25) is 0 Å². The Morgan fingerprint density at radius 2 is 1.70 bits per heavy atom. The van der Waals surface area contributed by atoms with Crippen LogP contribution in [0.4, 0.5) is 22.4 Å². The highest BCUT2D eigenvalue weighted by Crippen LogP contribution is 2.29. The van der Waals surface area contributed by atoms with Crippen molar-refractivity contribution in [2.75, 3.05) is 25.4 Å². The number of imide groups is 1. The van der Waals surface area contributed by atoms with Gasteiger partial charge in [0.25, 0.3) is 5.91 Å². The number of hydrogen-bond donors (Lipinski definition) is 1. The Labute approximate surface area is 187 Å². The Balaban J connectivity index is 1.52. The number of likely N-dealkylation sites (N-methyl/N-ethyl adjacent to an activating group) is 1. The summed E-state index contributed by atoms with van der Waals surface area (Å²) in [6, 6.07) is 3.00. The van der Waals surface area contributed by atoms with Crippen molar-refractivity contribution >= 4 is 22.0 Å². The molecule has 0 aromatic heterocycles. The quantitative estimate of drug-likeness (QED) is 0.414. The SMILES string of the molecule is CCN1C(=O)NC(=O)C1CS(=O)(=O)N1CCC(Oc2ccc(OC(F)(F)C(F)F)cc2)CC1. The van der Waals surface area contributed by atoms with Crippen LogP contribution < -0.4 is 14.8 Å². The molecule has 1 N–H and O–H groups in total. The molecule has 2 heterocycles. The van der Waals surface area contributed by atoms with Gasteiger partial charge in [-0.25, -0.2) is 17.5 Å². The molecular formula is C19H23F4N3O6S. The fourth-order valence-corrected chi connectivity index (χ4v) is 5.29. The number of nitrogens with zero attached hydrogens (tertiary/aromatic N) is 2. The zero-order valence-corrected chi connectivity index (χ0v) is 18.4. The van der Waals surface area contributed by atoms with Crippen LogP contribution in [0, 0.1) is 0 Å². The first kappa shape index (κ1) is 25.0. The molecule has 1 atom stereocenters. The fraction of sp³-hybridized carbons (Fsp3) is 0.579. The van der Waals surface area contributed by atoms with E-state index in [0.717, 1.165) is 12.1 Å². The van der Waals surface area contributed by atoms with E-state index in [0.29, 0.717) is 12.8 Å². The summed E-state index contributed by atoms with van der Waals surface area (Å²) in [6.45, 7) is 2.09. The van der Waals surface area contributed by atoms with Crippen molar-refractivity contribution in [3.8, 4) is 11.5 Å². The Bertz CT molecular complexity index is 968. The number of benzene rings is 1. The van der Waals surface area contributed by atoms with Gasteiger partial charge in [-0.3, -0.25) is 10.1 Å². The normalized spacial score (nSPS) is 20.9. The summed E-state index contributed by atoms with van der Waals surface area (Å²) >= 11 is 0. The highest BCUT2D eigenvalue weighted by atomic mass is 32.2. The molecule has 9 nitrogen and oxygen atoms in total. The molecule has 14 heteroatoms. The van der Waals surface area contributed by atoms with Gasteiger partial charge in [0.2, 0.25) is 10.0 Å². The second-order valence-electron chi connectivity index (χ2n) is 7.53. The summed E-state index contributed by atoms with van der Waals surface area (Å²) in [5.41, 5.74) is 0. The number of carbonyl (C=O) groups excluding carboxylic acids is 2. The third kappa shape index (κ3) is 5.85. The van der Waals surface area contributed by atoms with E-state index in [1.54, 1.807) is 6.92 Å². The predicted molar refractivity (Wildman–Crippen MR) is 107 cm³/mol. The van der Waals surface area contributed by atoms with E-state index >= 15 is 0 Å². The molecule has 3 rings (SSSR count). The van der Waals surface area contributed by atoms with Crippen LogP contribution in [0.5, 0.6) is 11.5 Å². The lowest BCUT2D eigenvalue weighted by Gasteiger charge is -2.32. The summed E-state index contributed by atoms with van der Waals surface area (Å²) in [5.74, 6) is -1.34. The largest absolute Gasteiger partial charge is 0.490 e. The number of hydrogen-bond acceptors (Lipinski definition) is 6. The van der Waals surface area contributed by atoms with Gasteiger partial charge in [0, 0.05) is 19.6 Å². The molecule has 0 spiro atoms. The van der Waals surface area contributed by atoms with Gasteiger partial charge in [-0.1, -0.05) is 0 Å². The number of nitrogens with one attached hydrogen (secondary N) is 1. The van der Waals surface area contributed by atoms with Crippen molar-refractivity contribution in [1.29, 1.82) is 0 Å². The zero-order chi connectivity index (χ0) is 24.4. The molecular weight excluding hydrogens is 474 g/mol. The van der Waals surface area contributed by atoms with E-state index in [1.807, 2.05) is 0 Å². The van der Waals surface area contributed by atoms with Gasteiger partial charge < -0.3 is 14.4 Å². The molecule has 1 unspecified atom stereocenters. The molecule has 2 aliphatic rings. The summed E-state index contributed by atoms with van der Waals surface area (Å²) in [5, 5.41) is 2.11. The van der Waals surface area contributed by atoms with Crippen LogP contribution >= 0.6 is 0 Å². The minimum atomic E-state index is -4.61. The van der Waals surface area contributed by atoms with Crippen molar-refractivity contribution in [3.05, 3.63) is 24.3 Å². The number of sulfonamides is 1. The zero-order valence-electron chi connectivity index (χ0n) is 17.5. The summed E-state index contributed by atoms with van der Waals surface area (Å²) < 4.78 is 86.8. The van der Waals surface area contributed by atoms with Crippen LogP contribution in [-0.2, 0) is 14.8 Å². The molecule has 1 aromatic rings. The van der Waals surface area contributed by atoms with Gasteiger partial charge in [0.1, 0.15) is 23.6 Å². The maximum atomic E-state index is 12.9. The number of halogens is 4. The molecule has 3 amide bonds. The number of piperidine rings is 1. The molecule has 2 saturated heterocycles. The first-order valence-corrected chi connectivity index (χ1v) is 11.7. The van der Waals surface area contributed by atoms with Crippen LogP contribution in [0.3, 0.4) is 0 Å². The molecule has 0 aliphatic carbocycles. The minimum Gasteiger partial charge on any atom is -0.490 e. The molecule has 2 aliphatic heterocycles. The highest BCUT2D eigenvalue weighted by Gasteiger charge is 2.44. The number of alkyl halides is 4. The lowest BCUT2D eigenvalue weighted by atomic mass is 10.1. The Hall–Kier alpha value is -2.61. The van der Waals surface area contributed by atoms with E-state index < -0.39 is 52.0 Å². The van der Waals surface area contributed by atoms with Crippen molar-refractivity contribution in [2.45, 2.75) is 44.4 Å². The maximum Gasteiger partial charge on any atom is 0.461 e. The average molecular weight is 497 g/mol. The Morgan fingerprint density at radius 3 is 2.24 bits per heavy atom. The van der Waals surface area contributed by atoms with Crippen molar-refractivity contribution in [3.63, 3.8) is 0 Å². The van der Waals surface area contributed by atoms with E-state index in [9.17, 15) is 35.6 Å². The Kier molecular flexibility index (Phi) is 7.36. The Morgan fingerprint density at radius 1 is 1.12 bits per heavy atom. The summed E-state index contributed by atoms with van der Waals surface area (Å²) in [4.78, 5) is 24.8. The topological polar surface area (TPSA) is 105 Å². The lowest BCUT2D eigenvalue weighted by molar-refractivity contribution is -0.253. The van der Waals surface area contributed by atoms with Crippen LogP contribution in [0.15, 0.2) is 24.3 Å². The van der Waals surface area contributed by atoms with E-state index in [4.69, 9.17) is 4.74 Å². The standard InChI is InChI=1S/C19H23F4N3O6S/c1-2-26-15(16(27)24-18(26)28)11-33(29,30)25-9-7-13(8-10-25)31-12-3-5-14(6-4-12)32-19(22,23)17(20)21/h3-6,13,15,17H,2,7-11H2,1H3,(H,24,27,28). The van der Waals surface area contributed by atoms with Gasteiger partial charge in [-0.05, 0) is 44.0 Å². The minimum absolute atomic E-state index is 0.128. The van der Waals surface area contributed by atoms with Gasteiger partial charge in [0.05, 0.1) is 5.75 Å². The van der Waals surface area contributed by atoms with Gasteiger partial charge >= 0.3 is 18.6 Å². The van der Waals surface area contributed by atoms with Crippen molar-refractivity contribution in [2.24, 2.45) is 0 Å². The summed E-state index contributed by atoms with van der Waals surface area (Å²) in [6.07, 6.45) is -8.29. The molecule has 184 valence electrons. The smallest absolute Gasteiger partial charge is 0.461 e. The third-order valence-electron chi connectivity index (χ3n) is 5.31. The van der Waals surface area contributed by atoms with Crippen molar-refractivity contribution < 1.29 is 45.0 Å². The lowest BCUT2D eigenvalue weighted by Crippen LogP contribution is -2.48. The summed E-state index contributed by atoms with van der Waals surface area (Å²) in [7, 11) is -3.82. The third-order valence-corrected chi connectivity index (χ3v) is 7.20. The van der Waals surface area contributed by atoms with Crippen LogP contribution in [-0.4, -0.2) is 79.6 Å². The number of rotatable bonds is 9. The molecule has 33 heavy (non-hydrogen) atoms. The molecule has 1 aromatic carbocycles. The average Bonchev–Trinajstić information content (AvgIpc) is 3.01. The van der Waals surface area contributed by atoms with Gasteiger partial charge in [-0.15, -0.1) is 0 Å². The number of ether oxygens (including phenoxy) is 2. The number of amides is 3. The van der Waals surface area contributed by atoms with E-state index in [2.05, 4.69) is 10.1 Å². The molecule has 0 bridgehead atoms. The fourth-order valence-electron chi connectivity index (χ4n) is 3.59. The first-order valence-electron chi connectivity index (χ1n) is 10.1. The van der Waals surface area contributed by atoms with E-state index in [1.165, 1.54) is 21.3 Å². The number of urea groups is 1. The predicted octanol–water partition coefficient (Wildman–Crippen LogP) is 2.04. The number of carbonyl (C=O) groups is 2. The second-order valence-corrected chi connectivity index (χ2v) is 9.54. The van der Waals surface area contributed by atoms with Gasteiger partial charge in [0.15, 0.2) is 0 Å². The van der Waals surface area contributed by atoms with Gasteiger partial charge in [-0.2, -0.15) is 17.6 Å². The second kappa shape index (κ2) is 9.71. The van der Waals surface area contributed by atoms with Crippen LogP contribution in [0.1, 0.15) is 19.8 Å².